The summed E-state index contributed by atoms with van der Waals surface area (Å²) in [7, 11) is -1.14. The van der Waals surface area contributed by atoms with Crippen molar-refractivity contribution in [2.24, 2.45) is 0 Å². The molecule has 7 nitrogen and oxygen atoms in total. The van der Waals surface area contributed by atoms with Gasteiger partial charge in [-0.25, -0.2) is 8.42 Å². The van der Waals surface area contributed by atoms with Crippen molar-refractivity contribution in [1.29, 1.82) is 0 Å². The van der Waals surface area contributed by atoms with Gasteiger partial charge in [0.1, 0.15) is 22.9 Å². The summed E-state index contributed by atoms with van der Waals surface area (Å²) in [5.41, 5.74) is 0. The number of benzene rings is 1. The van der Waals surface area contributed by atoms with Gasteiger partial charge in [0.15, 0.2) is 0 Å². The van der Waals surface area contributed by atoms with Crippen LogP contribution < -0.4 is 9.47 Å². The van der Waals surface area contributed by atoms with Gasteiger partial charge >= 0.3 is 5.97 Å². The predicted octanol–water partition coefficient (Wildman–Crippen LogP) is 1.67. The number of hydrogen-bond acceptors (Lipinski definition) is 6. The third-order valence-corrected chi connectivity index (χ3v) is 5.17. The van der Waals surface area contributed by atoms with Crippen LogP contribution in [-0.2, 0) is 19.6 Å². The molecule has 0 aromatic heterocycles. The maximum absolute atomic E-state index is 12.9. The molecule has 1 aromatic carbocycles. The Morgan fingerprint density at radius 1 is 1.22 bits per heavy atom. The summed E-state index contributed by atoms with van der Waals surface area (Å²) in [5, 5.41) is 0. The van der Waals surface area contributed by atoms with Crippen LogP contribution in [0, 0.1) is 0 Å². The highest BCUT2D eigenvalue weighted by molar-refractivity contribution is 7.89. The van der Waals surface area contributed by atoms with E-state index in [-0.39, 0.29) is 23.8 Å². The van der Waals surface area contributed by atoms with Crippen molar-refractivity contribution in [2.75, 3.05) is 27.4 Å². The van der Waals surface area contributed by atoms with E-state index in [1.165, 1.54) is 26.4 Å². The Balaban J connectivity index is 3.32. The van der Waals surface area contributed by atoms with Crippen molar-refractivity contribution in [3.05, 3.63) is 18.2 Å². The quantitative estimate of drug-likeness (QED) is 0.667. The zero-order valence-corrected chi connectivity index (χ0v) is 14.8. The lowest BCUT2D eigenvalue weighted by Crippen LogP contribution is -2.41. The molecule has 0 unspecified atom stereocenters. The standard InChI is InChI=1S/C15H23NO6S/c1-6-22-15(17)10-16(11(2)3)23(18,19)14-9-12(20-4)7-8-13(14)21-5/h7-9,11H,6,10H2,1-5H3. The first kappa shape index (κ1) is 19.2. The zero-order chi connectivity index (χ0) is 17.6. The van der Waals surface area contributed by atoms with Gasteiger partial charge in [0.25, 0.3) is 0 Å². The van der Waals surface area contributed by atoms with E-state index in [0.29, 0.717) is 5.75 Å². The van der Waals surface area contributed by atoms with E-state index in [1.54, 1.807) is 26.8 Å². The number of hydrogen-bond donors (Lipinski definition) is 0. The SMILES string of the molecule is CCOC(=O)CN(C(C)C)S(=O)(=O)c1cc(OC)ccc1OC. The van der Waals surface area contributed by atoms with Crippen LogP contribution in [0.5, 0.6) is 11.5 Å². The van der Waals surface area contributed by atoms with Gasteiger partial charge in [0.2, 0.25) is 10.0 Å². The Hall–Kier alpha value is -1.80. The molecular weight excluding hydrogens is 322 g/mol. The van der Waals surface area contributed by atoms with Gasteiger partial charge in [-0.05, 0) is 32.9 Å². The van der Waals surface area contributed by atoms with E-state index in [0.717, 1.165) is 4.31 Å². The van der Waals surface area contributed by atoms with Crippen LogP contribution in [0.25, 0.3) is 0 Å². The van der Waals surface area contributed by atoms with E-state index >= 15 is 0 Å². The summed E-state index contributed by atoms with van der Waals surface area (Å²) in [4.78, 5) is 11.7. The number of esters is 1. The van der Waals surface area contributed by atoms with Gasteiger partial charge in [0.05, 0.1) is 20.8 Å². The van der Waals surface area contributed by atoms with Gasteiger partial charge in [-0.15, -0.1) is 0 Å². The molecule has 1 rings (SSSR count). The molecule has 0 fully saturated rings. The van der Waals surface area contributed by atoms with Crippen LogP contribution in [0.1, 0.15) is 20.8 Å². The summed E-state index contributed by atoms with van der Waals surface area (Å²) in [6.07, 6.45) is 0. The van der Waals surface area contributed by atoms with Gasteiger partial charge < -0.3 is 14.2 Å². The fourth-order valence-corrected chi connectivity index (χ4v) is 3.74. The molecule has 0 aliphatic heterocycles. The molecular formula is C15H23NO6S. The minimum absolute atomic E-state index is 0.0580. The number of nitrogens with zero attached hydrogens (tertiary/aromatic N) is 1. The van der Waals surface area contributed by atoms with Crippen LogP contribution in [0.4, 0.5) is 0 Å². The molecule has 0 saturated carbocycles. The van der Waals surface area contributed by atoms with Crippen molar-refractivity contribution in [3.63, 3.8) is 0 Å². The molecule has 8 heteroatoms. The highest BCUT2D eigenvalue weighted by Crippen LogP contribution is 2.31. The molecule has 0 aliphatic rings. The number of ether oxygens (including phenoxy) is 3. The molecule has 0 bridgehead atoms. The maximum atomic E-state index is 12.9. The summed E-state index contributed by atoms with van der Waals surface area (Å²) in [5.74, 6) is -0.0452. The Morgan fingerprint density at radius 2 is 1.87 bits per heavy atom. The monoisotopic (exact) mass is 345 g/mol. The Kier molecular flexibility index (Phi) is 6.83. The molecule has 130 valence electrons. The van der Waals surface area contributed by atoms with E-state index < -0.39 is 22.0 Å². The second-order valence-corrected chi connectivity index (χ2v) is 6.82. The van der Waals surface area contributed by atoms with Gasteiger partial charge in [-0.1, -0.05) is 0 Å². The molecule has 0 amide bonds. The fourth-order valence-electron chi connectivity index (χ4n) is 1.99. The zero-order valence-electron chi connectivity index (χ0n) is 14.0. The summed E-state index contributed by atoms with van der Waals surface area (Å²) < 4.78 is 42.0. The molecule has 0 saturated heterocycles. The third-order valence-electron chi connectivity index (χ3n) is 3.12. The van der Waals surface area contributed by atoms with Crippen LogP contribution in [-0.4, -0.2) is 52.1 Å². The largest absolute Gasteiger partial charge is 0.497 e. The molecule has 0 heterocycles. The van der Waals surface area contributed by atoms with Crippen LogP contribution in [0.3, 0.4) is 0 Å². The number of rotatable bonds is 8. The second kappa shape index (κ2) is 8.16. The van der Waals surface area contributed by atoms with Crippen molar-refractivity contribution < 1.29 is 27.4 Å². The van der Waals surface area contributed by atoms with E-state index in [2.05, 4.69) is 0 Å². The lowest BCUT2D eigenvalue weighted by molar-refractivity contribution is -0.143. The first-order valence-electron chi connectivity index (χ1n) is 7.17. The number of methoxy groups -OCH3 is 2. The average Bonchev–Trinajstić information content (AvgIpc) is 2.51. The van der Waals surface area contributed by atoms with E-state index in [9.17, 15) is 13.2 Å². The van der Waals surface area contributed by atoms with Crippen molar-refractivity contribution in [3.8, 4) is 11.5 Å². The molecule has 0 aliphatic carbocycles. The lowest BCUT2D eigenvalue weighted by atomic mass is 10.3. The van der Waals surface area contributed by atoms with Crippen molar-refractivity contribution >= 4 is 16.0 Å². The van der Waals surface area contributed by atoms with Crippen LogP contribution in [0.15, 0.2) is 23.1 Å². The maximum Gasteiger partial charge on any atom is 0.321 e. The molecule has 0 atom stereocenters. The minimum Gasteiger partial charge on any atom is -0.497 e. The van der Waals surface area contributed by atoms with Gasteiger partial charge in [0, 0.05) is 12.1 Å². The topological polar surface area (TPSA) is 82.1 Å². The molecule has 0 radical (unpaired) electrons. The Morgan fingerprint density at radius 3 is 2.35 bits per heavy atom. The number of sulfonamides is 1. The van der Waals surface area contributed by atoms with Gasteiger partial charge in [-0.2, -0.15) is 4.31 Å². The first-order valence-corrected chi connectivity index (χ1v) is 8.61. The summed E-state index contributed by atoms with van der Waals surface area (Å²) >= 11 is 0. The van der Waals surface area contributed by atoms with Crippen LogP contribution >= 0.6 is 0 Å². The third kappa shape index (κ3) is 4.59. The average molecular weight is 345 g/mol. The van der Waals surface area contributed by atoms with E-state index in [4.69, 9.17) is 14.2 Å². The second-order valence-electron chi connectivity index (χ2n) is 4.97. The predicted molar refractivity (Wildman–Crippen MR) is 85.2 cm³/mol. The smallest absolute Gasteiger partial charge is 0.321 e. The fraction of sp³-hybridized carbons (Fsp3) is 0.533. The highest BCUT2D eigenvalue weighted by atomic mass is 32.2. The minimum atomic E-state index is -3.96. The summed E-state index contributed by atoms with van der Waals surface area (Å²) in [6.45, 7) is 4.85. The Labute approximate surface area is 137 Å². The van der Waals surface area contributed by atoms with Crippen LogP contribution in [0.2, 0.25) is 0 Å². The Bertz CT molecular complexity index is 641. The highest BCUT2D eigenvalue weighted by Gasteiger charge is 2.32. The lowest BCUT2D eigenvalue weighted by Gasteiger charge is -2.25. The number of carbonyl (C=O) groups is 1. The molecule has 0 N–H and O–H groups in total. The first-order chi connectivity index (χ1) is 10.8. The summed E-state index contributed by atoms with van der Waals surface area (Å²) in [6, 6.07) is 4.05. The van der Waals surface area contributed by atoms with Crippen molar-refractivity contribution in [1.82, 2.24) is 4.31 Å². The molecule has 1 aromatic rings. The van der Waals surface area contributed by atoms with Gasteiger partial charge in [-0.3, -0.25) is 4.79 Å². The van der Waals surface area contributed by atoms with Crippen molar-refractivity contribution in [2.45, 2.75) is 31.7 Å². The molecule has 0 spiro atoms. The number of carbonyl (C=O) groups excluding carboxylic acids is 1. The van der Waals surface area contributed by atoms with E-state index in [1.807, 2.05) is 0 Å². The molecule has 23 heavy (non-hydrogen) atoms. The normalized spacial score (nSPS) is 11.6.